The number of fused-ring (bicyclic) bond motifs is 3. The molecule has 0 spiro atoms. The number of nitriles is 1. The van der Waals surface area contributed by atoms with Crippen molar-refractivity contribution in [1.82, 2.24) is 24.1 Å². The van der Waals surface area contributed by atoms with Gasteiger partial charge in [0.2, 0.25) is 11.7 Å². The van der Waals surface area contributed by atoms with Gasteiger partial charge in [0, 0.05) is 19.6 Å². The molecule has 0 saturated heterocycles. The quantitative estimate of drug-likeness (QED) is 0.540. The van der Waals surface area contributed by atoms with Gasteiger partial charge < -0.3 is 4.90 Å². The van der Waals surface area contributed by atoms with Crippen molar-refractivity contribution in [3.05, 3.63) is 34.6 Å². The lowest BCUT2D eigenvalue weighted by atomic mass is 10.2. The van der Waals surface area contributed by atoms with E-state index in [0.29, 0.717) is 42.4 Å². The lowest BCUT2D eigenvalue weighted by Crippen LogP contribution is -2.33. The first-order valence-corrected chi connectivity index (χ1v) is 10.2. The molecule has 146 valence electrons. The Morgan fingerprint density at radius 2 is 2.07 bits per heavy atom. The Kier molecular flexibility index (Phi) is 6.31. The normalized spacial score (nSPS) is 11.0. The van der Waals surface area contributed by atoms with Crippen LogP contribution in [-0.2, 0) is 11.3 Å². The first-order valence-electron chi connectivity index (χ1n) is 9.26. The lowest BCUT2D eigenvalue weighted by molar-refractivity contribution is -0.128. The predicted molar refractivity (Wildman–Crippen MR) is 108 cm³/mol. The van der Waals surface area contributed by atoms with Crippen molar-refractivity contribution in [3.8, 4) is 6.07 Å². The maximum atomic E-state index is 12.8. The molecule has 0 aliphatic rings. The summed E-state index contributed by atoms with van der Waals surface area (Å²) in [6.07, 6.45) is 1.11. The number of carbonyl (C=O) groups is 1. The average molecular weight is 398 g/mol. The molecule has 0 aliphatic carbocycles. The molecule has 0 bridgehead atoms. The third-order valence-electron chi connectivity index (χ3n) is 4.48. The standard InChI is InChI=1S/C19H22N6O2S/c1-3-11-24-17(27)14-8-5-6-9-15(14)25-18(24)21-22-19(25)28-13-16(26)23(4-2)12-7-10-20/h5-6,8-9H,3-4,7,11-13H2,1-2H3. The molecule has 1 aromatic carbocycles. The largest absolute Gasteiger partial charge is 0.341 e. The van der Waals surface area contributed by atoms with E-state index in [2.05, 4.69) is 16.3 Å². The molecule has 8 nitrogen and oxygen atoms in total. The summed E-state index contributed by atoms with van der Waals surface area (Å²) in [7, 11) is 0. The topological polar surface area (TPSA) is 96.3 Å². The van der Waals surface area contributed by atoms with Crippen molar-refractivity contribution >= 4 is 34.3 Å². The van der Waals surface area contributed by atoms with Crippen LogP contribution in [0.5, 0.6) is 0 Å². The molecule has 0 radical (unpaired) electrons. The minimum Gasteiger partial charge on any atom is -0.341 e. The number of para-hydroxylation sites is 1. The summed E-state index contributed by atoms with van der Waals surface area (Å²) in [6, 6.07) is 9.42. The van der Waals surface area contributed by atoms with E-state index in [1.165, 1.54) is 11.8 Å². The third-order valence-corrected chi connectivity index (χ3v) is 5.39. The second-order valence-electron chi connectivity index (χ2n) is 6.26. The molecule has 28 heavy (non-hydrogen) atoms. The van der Waals surface area contributed by atoms with Gasteiger partial charge in [0.25, 0.3) is 5.56 Å². The first-order chi connectivity index (χ1) is 13.6. The molecule has 2 aromatic heterocycles. The van der Waals surface area contributed by atoms with E-state index >= 15 is 0 Å². The second kappa shape index (κ2) is 8.89. The van der Waals surface area contributed by atoms with Crippen LogP contribution in [0, 0.1) is 11.3 Å². The molecule has 0 fully saturated rings. The Labute approximate surface area is 166 Å². The molecule has 0 aliphatic heterocycles. The van der Waals surface area contributed by atoms with E-state index in [1.54, 1.807) is 15.5 Å². The van der Waals surface area contributed by atoms with Crippen LogP contribution in [0.2, 0.25) is 0 Å². The summed E-state index contributed by atoms with van der Waals surface area (Å²) in [6.45, 7) is 5.42. The van der Waals surface area contributed by atoms with Gasteiger partial charge in [-0.3, -0.25) is 18.6 Å². The lowest BCUT2D eigenvalue weighted by Gasteiger charge is -2.18. The summed E-state index contributed by atoms with van der Waals surface area (Å²) >= 11 is 1.29. The van der Waals surface area contributed by atoms with Crippen LogP contribution in [0.25, 0.3) is 16.7 Å². The number of nitrogens with zero attached hydrogens (tertiary/aromatic N) is 6. The van der Waals surface area contributed by atoms with Gasteiger partial charge in [-0.1, -0.05) is 30.8 Å². The van der Waals surface area contributed by atoms with Gasteiger partial charge in [-0.2, -0.15) is 5.26 Å². The summed E-state index contributed by atoms with van der Waals surface area (Å²) in [5, 5.41) is 18.4. The van der Waals surface area contributed by atoms with Crippen LogP contribution in [0.4, 0.5) is 0 Å². The van der Waals surface area contributed by atoms with Gasteiger partial charge in [0.1, 0.15) is 0 Å². The highest BCUT2D eigenvalue weighted by Gasteiger charge is 2.18. The number of amides is 1. The van der Waals surface area contributed by atoms with Gasteiger partial charge >= 0.3 is 0 Å². The van der Waals surface area contributed by atoms with Gasteiger partial charge in [-0.25, -0.2) is 0 Å². The van der Waals surface area contributed by atoms with Crippen LogP contribution < -0.4 is 5.56 Å². The number of aromatic nitrogens is 4. The van der Waals surface area contributed by atoms with Crippen molar-refractivity contribution in [3.63, 3.8) is 0 Å². The fraction of sp³-hybridized carbons (Fsp3) is 0.421. The number of hydrogen-bond donors (Lipinski definition) is 0. The summed E-state index contributed by atoms with van der Waals surface area (Å²) in [5.74, 6) is 0.629. The number of rotatable bonds is 8. The number of thioether (sulfide) groups is 1. The van der Waals surface area contributed by atoms with Gasteiger partial charge in [-0.15, -0.1) is 10.2 Å². The number of carbonyl (C=O) groups excluding carboxylic acids is 1. The zero-order valence-corrected chi connectivity index (χ0v) is 16.8. The molecule has 0 saturated carbocycles. The highest BCUT2D eigenvalue weighted by Crippen LogP contribution is 2.22. The monoisotopic (exact) mass is 398 g/mol. The molecule has 2 heterocycles. The fourth-order valence-corrected chi connectivity index (χ4v) is 3.96. The predicted octanol–water partition coefficient (Wildman–Crippen LogP) is 2.31. The Bertz CT molecular complexity index is 1100. The Balaban J connectivity index is 1.98. The average Bonchev–Trinajstić information content (AvgIpc) is 3.14. The first kappa shape index (κ1) is 19.9. The molecule has 0 atom stereocenters. The van der Waals surface area contributed by atoms with Gasteiger partial charge in [0.15, 0.2) is 5.16 Å². The molecular formula is C19H22N6O2S. The number of hydrogen-bond acceptors (Lipinski definition) is 6. The summed E-state index contributed by atoms with van der Waals surface area (Å²) < 4.78 is 3.47. The summed E-state index contributed by atoms with van der Waals surface area (Å²) in [5.41, 5.74) is 0.644. The van der Waals surface area contributed by atoms with Crippen LogP contribution in [0.15, 0.2) is 34.2 Å². The van der Waals surface area contributed by atoms with Crippen LogP contribution in [0.1, 0.15) is 26.7 Å². The SMILES string of the molecule is CCCn1c(=O)c2ccccc2n2c(SCC(=O)N(CC)CCC#N)nnc12. The zero-order valence-electron chi connectivity index (χ0n) is 16.0. The minimum absolute atomic E-state index is 0.0503. The molecule has 1 amide bonds. The van der Waals surface area contributed by atoms with Gasteiger partial charge in [-0.05, 0) is 25.5 Å². The minimum atomic E-state index is -0.0846. The fourth-order valence-electron chi connectivity index (χ4n) is 3.11. The highest BCUT2D eigenvalue weighted by molar-refractivity contribution is 7.99. The second-order valence-corrected chi connectivity index (χ2v) is 7.20. The molecule has 0 N–H and O–H groups in total. The Morgan fingerprint density at radius 3 is 2.79 bits per heavy atom. The third kappa shape index (κ3) is 3.73. The van der Waals surface area contributed by atoms with Crippen LogP contribution >= 0.6 is 11.8 Å². The van der Waals surface area contributed by atoms with Crippen LogP contribution in [0.3, 0.4) is 0 Å². The molecular weight excluding hydrogens is 376 g/mol. The molecule has 9 heteroatoms. The Morgan fingerprint density at radius 1 is 1.29 bits per heavy atom. The van der Waals surface area contributed by atoms with E-state index in [9.17, 15) is 9.59 Å². The highest BCUT2D eigenvalue weighted by atomic mass is 32.2. The van der Waals surface area contributed by atoms with Gasteiger partial charge in [0.05, 0.1) is 29.1 Å². The van der Waals surface area contributed by atoms with Crippen molar-refractivity contribution < 1.29 is 4.79 Å². The number of aryl methyl sites for hydroxylation is 1. The molecule has 3 aromatic rings. The van der Waals surface area contributed by atoms with Crippen molar-refractivity contribution in [1.29, 1.82) is 5.26 Å². The maximum Gasteiger partial charge on any atom is 0.262 e. The van der Waals surface area contributed by atoms with Crippen LogP contribution in [-0.4, -0.2) is 48.8 Å². The van der Waals surface area contributed by atoms with Crippen molar-refractivity contribution in [2.45, 2.75) is 38.4 Å². The van der Waals surface area contributed by atoms with E-state index in [1.807, 2.05) is 36.4 Å². The summed E-state index contributed by atoms with van der Waals surface area (Å²) in [4.78, 5) is 27.0. The van der Waals surface area contributed by atoms with Crippen molar-refractivity contribution in [2.24, 2.45) is 0 Å². The zero-order chi connectivity index (χ0) is 20.1. The van der Waals surface area contributed by atoms with E-state index in [0.717, 1.165) is 11.9 Å². The van der Waals surface area contributed by atoms with E-state index in [-0.39, 0.29) is 17.2 Å². The van der Waals surface area contributed by atoms with Crippen molar-refractivity contribution in [2.75, 3.05) is 18.8 Å². The van der Waals surface area contributed by atoms with E-state index in [4.69, 9.17) is 5.26 Å². The molecule has 0 unspecified atom stereocenters. The maximum absolute atomic E-state index is 12.8. The number of benzene rings is 1. The van der Waals surface area contributed by atoms with E-state index < -0.39 is 0 Å². The molecule has 3 rings (SSSR count). The Hall–Kier alpha value is -2.86. The smallest absolute Gasteiger partial charge is 0.262 e.